The first-order chi connectivity index (χ1) is 13.4. The molecule has 2 aliphatic heterocycles. The van der Waals surface area contributed by atoms with Crippen LogP contribution >= 0.6 is 0 Å². The Kier molecular flexibility index (Phi) is 4.91. The maximum Gasteiger partial charge on any atom is 0.434 e. The molecule has 0 aliphatic carbocycles. The van der Waals surface area contributed by atoms with Gasteiger partial charge in [0, 0.05) is 19.1 Å². The smallest absolute Gasteiger partial charge is 0.337 e. The molecule has 1 atom stereocenters. The average molecular weight is 392 g/mol. The van der Waals surface area contributed by atoms with Crippen molar-refractivity contribution in [3.05, 3.63) is 47.3 Å². The van der Waals surface area contributed by atoms with Gasteiger partial charge in [0.2, 0.25) is 0 Å². The van der Waals surface area contributed by atoms with Crippen molar-refractivity contribution in [1.29, 1.82) is 0 Å². The summed E-state index contributed by atoms with van der Waals surface area (Å²) in [5, 5.41) is 3.94. The molecule has 150 valence electrons. The summed E-state index contributed by atoms with van der Waals surface area (Å²) in [7, 11) is 0. The SMILES string of the molecule is Cc1ccccc1-n1ncc(C(=O)N2CC[C@H](N3CCCC3)C2)c1C(F)(F)F. The lowest BCUT2D eigenvalue weighted by Crippen LogP contribution is -2.37. The quantitative estimate of drug-likeness (QED) is 0.803. The average Bonchev–Trinajstić information content (AvgIpc) is 3.39. The maximum atomic E-state index is 13.9. The van der Waals surface area contributed by atoms with E-state index in [0.29, 0.717) is 24.3 Å². The fourth-order valence-corrected chi connectivity index (χ4v) is 4.26. The van der Waals surface area contributed by atoms with Gasteiger partial charge in [-0.05, 0) is 50.9 Å². The van der Waals surface area contributed by atoms with Gasteiger partial charge in [0.05, 0.1) is 17.4 Å². The van der Waals surface area contributed by atoms with Gasteiger partial charge in [0.1, 0.15) is 0 Å². The van der Waals surface area contributed by atoms with Crippen LogP contribution in [0.2, 0.25) is 0 Å². The Morgan fingerprint density at radius 1 is 1.14 bits per heavy atom. The second-order valence-electron chi connectivity index (χ2n) is 7.54. The van der Waals surface area contributed by atoms with Crippen molar-refractivity contribution in [3.63, 3.8) is 0 Å². The topological polar surface area (TPSA) is 41.4 Å². The van der Waals surface area contributed by atoms with Gasteiger partial charge in [-0.25, -0.2) is 4.68 Å². The van der Waals surface area contributed by atoms with Crippen molar-refractivity contribution in [2.45, 2.75) is 38.4 Å². The number of nitrogens with zero attached hydrogens (tertiary/aromatic N) is 4. The summed E-state index contributed by atoms with van der Waals surface area (Å²) >= 11 is 0. The van der Waals surface area contributed by atoms with Crippen LogP contribution in [0, 0.1) is 6.92 Å². The second-order valence-corrected chi connectivity index (χ2v) is 7.54. The van der Waals surface area contributed by atoms with Crippen LogP contribution in [-0.4, -0.2) is 57.7 Å². The Balaban J connectivity index is 1.64. The summed E-state index contributed by atoms with van der Waals surface area (Å²) in [6.07, 6.45) is -0.532. The van der Waals surface area contributed by atoms with Gasteiger partial charge >= 0.3 is 6.18 Å². The lowest BCUT2D eigenvalue weighted by atomic mass is 10.1. The van der Waals surface area contributed by atoms with Gasteiger partial charge in [-0.3, -0.25) is 9.69 Å². The van der Waals surface area contributed by atoms with Crippen molar-refractivity contribution in [3.8, 4) is 5.69 Å². The molecule has 1 amide bonds. The molecule has 28 heavy (non-hydrogen) atoms. The predicted octanol–water partition coefficient (Wildman–Crippen LogP) is 3.51. The fraction of sp³-hybridized carbons (Fsp3) is 0.500. The third-order valence-corrected chi connectivity index (χ3v) is 5.72. The van der Waals surface area contributed by atoms with E-state index < -0.39 is 17.8 Å². The molecule has 2 saturated heterocycles. The first-order valence-corrected chi connectivity index (χ1v) is 9.61. The van der Waals surface area contributed by atoms with E-state index in [1.54, 1.807) is 31.2 Å². The largest absolute Gasteiger partial charge is 0.434 e. The van der Waals surface area contributed by atoms with E-state index in [9.17, 15) is 18.0 Å². The van der Waals surface area contributed by atoms with Crippen LogP contribution in [0.25, 0.3) is 5.69 Å². The number of rotatable bonds is 3. The highest BCUT2D eigenvalue weighted by atomic mass is 19.4. The number of alkyl halides is 3. The van der Waals surface area contributed by atoms with Gasteiger partial charge in [-0.1, -0.05) is 18.2 Å². The van der Waals surface area contributed by atoms with Crippen molar-refractivity contribution >= 4 is 5.91 Å². The van der Waals surface area contributed by atoms with E-state index in [1.165, 1.54) is 4.90 Å². The maximum absolute atomic E-state index is 13.9. The number of benzene rings is 1. The molecule has 2 aliphatic rings. The van der Waals surface area contributed by atoms with Gasteiger partial charge in [-0.15, -0.1) is 0 Å². The highest BCUT2D eigenvalue weighted by Crippen LogP contribution is 2.35. The van der Waals surface area contributed by atoms with Crippen molar-refractivity contribution in [2.75, 3.05) is 26.2 Å². The fourth-order valence-electron chi connectivity index (χ4n) is 4.26. The Labute approximate surface area is 161 Å². The van der Waals surface area contributed by atoms with Gasteiger partial charge in [0.15, 0.2) is 5.69 Å². The molecule has 5 nitrogen and oxygen atoms in total. The molecule has 1 aromatic heterocycles. The van der Waals surface area contributed by atoms with Gasteiger partial charge < -0.3 is 4.90 Å². The van der Waals surface area contributed by atoms with E-state index in [-0.39, 0.29) is 11.6 Å². The molecule has 4 rings (SSSR count). The van der Waals surface area contributed by atoms with E-state index in [1.807, 2.05) is 0 Å². The van der Waals surface area contributed by atoms with Gasteiger partial charge in [0.25, 0.3) is 5.91 Å². The molecule has 0 bridgehead atoms. The van der Waals surface area contributed by atoms with E-state index in [0.717, 1.165) is 43.2 Å². The molecule has 0 spiro atoms. The molecule has 0 N–H and O–H groups in total. The molecule has 0 saturated carbocycles. The highest BCUT2D eigenvalue weighted by Gasteiger charge is 2.42. The second kappa shape index (κ2) is 7.24. The number of halogens is 3. The van der Waals surface area contributed by atoms with Crippen LogP contribution in [-0.2, 0) is 6.18 Å². The van der Waals surface area contributed by atoms with Crippen molar-refractivity contribution < 1.29 is 18.0 Å². The van der Waals surface area contributed by atoms with Crippen molar-refractivity contribution in [2.24, 2.45) is 0 Å². The number of hydrogen-bond donors (Lipinski definition) is 0. The third-order valence-electron chi connectivity index (χ3n) is 5.72. The summed E-state index contributed by atoms with van der Waals surface area (Å²) in [5.41, 5.74) is -0.398. The van der Waals surface area contributed by atoms with E-state index in [4.69, 9.17) is 0 Å². The predicted molar refractivity (Wildman–Crippen MR) is 98.4 cm³/mol. The van der Waals surface area contributed by atoms with Crippen LogP contribution in [0.15, 0.2) is 30.5 Å². The van der Waals surface area contributed by atoms with Crippen molar-refractivity contribution in [1.82, 2.24) is 19.6 Å². The summed E-state index contributed by atoms with van der Waals surface area (Å²) in [5.74, 6) is -0.589. The minimum atomic E-state index is -4.68. The lowest BCUT2D eigenvalue weighted by molar-refractivity contribution is -0.143. The van der Waals surface area contributed by atoms with Gasteiger partial charge in [-0.2, -0.15) is 18.3 Å². The summed E-state index contributed by atoms with van der Waals surface area (Å²) < 4.78 is 42.5. The lowest BCUT2D eigenvalue weighted by Gasteiger charge is -2.23. The summed E-state index contributed by atoms with van der Waals surface area (Å²) in [6, 6.07) is 6.95. The number of amides is 1. The minimum Gasteiger partial charge on any atom is -0.337 e. The molecular formula is C20H23F3N4O. The molecular weight excluding hydrogens is 369 g/mol. The monoisotopic (exact) mass is 392 g/mol. The number of hydrogen-bond acceptors (Lipinski definition) is 3. The summed E-state index contributed by atoms with van der Waals surface area (Å²) in [6.45, 7) is 4.69. The molecule has 8 heteroatoms. The first-order valence-electron chi connectivity index (χ1n) is 9.61. The number of aromatic nitrogens is 2. The zero-order chi connectivity index (χ0) is 19.9. The zero-order valence-electron chi connectivity index (χ0n) is 15.7. The van der Waals surface area contributed by atoms with Crippen LogP contribution in [0.5, 0.6) is 0 Å². The Morgan fingerprint density at radius 3 is 2.54 bits per heavy atom. The van der Waals surface area contributed by atoms with Crippen LogP contribution in [0.1, 0.15) is 40.9 Å². The number of likely N-dealkylation sites (tertiary alicyclic amines) is 2. The number of para-hydroxylation sites is 1. The van der Waals surface area contributed by atoms with E-state index in [2.05, 4.69) is 10.00 Å². The van der Waals surface area contributed by atoms with Crippen LogP contribution in [0.4, 0.5) is 13.2 Å². The Bertz CT molecular complexity index is 871. The first kappa shape index (κ1) is 19.0. The summed E-state index contributed by atoms with van der Waals surface area (Å²) in [4.78, 5) is 16.8. The normalized spacial score (nSPS) is 20.9. The Morgan fingerprint density at radius 2 is 1.86 bits per heavy atom. The standard InChI is InChI=1S/C20H23F3N4O/c1-14-6-2-3-7-17(14)27-18(20(21,22)23)16(12-24-27)19(28)26-11-8-15(13-26)25-9-4-5-10-25/h2-3,6-7,12,15H,4-5,8-11,13H2,1H3/t15-/m0/s1. The minimum absolute atomic E-state index is 0.243. The third kappa shape index (κ3) is 3.41. The molecule has 0 unspecified atom stereocenters. The highest BCUT2D eigenvalue weighted by molar-refractivity contribution is 5.95. The molecule has 3 heterocycles. The van der Waals surface area contributed by atoms with Crippen LogP contribution < -0.4 is 0 Å². The molecule has 2 aromatic rings. The van der Waals surface area contributed by atoms with Crippen LogP contribution in [0.3, 0.4) is 0 Å². The number of carbonyl (C=O) groups excluding carboxylic acids is 1. The Hall–Kier alpha value is -2.35. The molecule has 1 aromatic carbocycles. The van der Waals surface area contributed by atoms with E-state index >= 15 is 0 Å². The number of carbonyl (C=O) groups is 1. The zero-order valence-corrected chi connectivity index (χ0v) is 15.7. The molecule has 0 radical (unpaired) electrons. The number of aryl methyl sites for hydroxylation is 1. The molecule has 2 fully saturated rings.